The number of aliphatic hydroxyl groups is 2. The molecule has 0 aliphatic rings. The quantitative estimate of drug-likeness (QED) is 0.376. The normalized spacial score (nSPS) is 13.2. The van der Waals surface area contributed by atoms with Crippen LogP contribution < -0.4 is 10.6 Å². The second-order valence-corrected chi connectivity index (χ2v) is 9.77. The van der Waals surface area contributed by atoms with Gasteiger partial charge in [0, 0.05) is 17.0 Å². The maximum atomic E-state index is 13.3. The lowest BCUT2D eigenvalue weighted by Crippen LogP contribution is -2.54. The maximum Gasteiger partial charge on any atom is 0.273 e. The van der Waals surface area contributed by atoms with Crippen molar-refractivity contribution in [2.45, 2.75) is 39.5 Å². The molecule has 0 unspecified atom stereocenters. The molecular weight excluding hydrogens is 470 g/mol. The number of nitriles is 1. The summed E-state index contributed by atoms with van der Waals surface area (Å²) in [7, 11) is 0. The van der Waals surface area contributed by atoms with Crippen LogP contribution in [0, 0.1) is 16.7 Å². The lowest BCUT2D eigenvalue weighted by atomic mass is 9.86. The summed E-state index contributed by atoms with van der Waals surface area (Å²) in [4.78, 5) is 26.1. The van der Waals surface area contributed by atoms with Crippen LogP contribution in [-0.4, -0.2) is 57.1 Å². The number of nitrogens with one attached hydrogen (secondary N) is 2. The molecule has 0 aliphatic heterocycles. The smallest absolute Gasteiger partial charge is 0.273 e. The second-order valence-electron chi connectivity index (χ2n) is 9.33. The maximum absolute atomic E-state index is 13.3. The van der Waals surface area contributed by atoms with Crippen LogP contribution in [0.1, 0.15) is 42.4 Å². The van der Waals surface area contributed by atoms with Crippen molar-refractivity contribution in [2.75, 3.05) is 13.2 Å². The molecule has 0 saturated carbocycles. The molecule has 35 heavy (non-hydrogen) atoms. The molecule has 4 N–H and O–H groups in total. The van der Waals surface area contributed by atoms with Gasteiger partial charge in [0.15, 0.2) is 5.69 Å². The monoisotopic (exact) mass is 497 g/mol. The van der Waals surface area contributed by atoms with Gasteiger partial charge in [-0.25, -0.2) is 0 Å². The number of aliphatic hydroxyl groups excluding tert-OH is 2. The summed E-state index contributed by atoms with van der Waals surface area (Å²) in [5.74, 6) is -1.04. The van der Waals surface area contributed by atoms with Gasteiger partial charge in [0.25, 0.3) is 5.91 Å². The number of hydrogen-bond donors (Lipinski definition) is 4. The summed E-state index contributed by atoms with van der Waals surface area (Å²) in [6.45, 7) is 5.14. The number of benzene rings is 2. The number of halogens is 1. The zero-order valence-electron chi connectivity index (χ0n) is 19.7. The topological polar surface area (TPSA) is 140 Å². The standard InChI is InChI=1S/C25H28ClN5O4/c1-25(2,3)22(24(35)28-12-18(33)14-32)29-23(34)21-19-10-17(26)8-9-20(19)31(30-21)13-16-6-4-15(11-27)5-7-16/h4-10,18,22,32-33H,12-14H2,1-3H3,(H,28,35)(H,29,34)/t18-,22+/m0/s1. The van der Waals surface area contributed by atoms with Gasteiger partial charge in [0.05, 0.1) is 36.4 Å². The summed E-state index contributed by atoms with van der Waals surface area (Å²) >= 11 is 6.20. The Balaban J connectivity index is 1.92. The summed E-state index contributed by atoms with van der Waals surface area (Å²) in [5.41, 5.74) is 1.59. The summed E-state index contributed by atoms with van der Waals surface area (Å²) in [6.07, 6.45) is -1.10. The molecule has 0 radical (unpaired) electrons. The molecule has 1 aromatic heterocycles. The van der Waals surface area contributed by atoms with Crippen molar-refractivity contribution in [2.24, 2.45) is 5.41 Å². The molecule has 2 amide bonds. The average molecular weight is 498 g/mol. The highest BCUT2D eigenvalue weighted by molar-refractivity contribution is 6.31. The molecule has 2 aromatic carbocycles. The Morgan fingerprint density at radius 3 is 2.49 bits per heavy atom. The number of fused-ring (bicyclic) bond motifs is 1. The van der Waals surface area contributed by atoms with Gasteiger partial charge in [-0.3, -0.25) is 14.3 Å². The van der Waals surface area contributed by atoms with Gasteiger partial charge in [-0.05, 0) is 41.3 Å². The molecule has 10 heteroatoms. The third kappa shape index (κ3) is 6.36. The van der Waals surface area contributed by atoms with E-state index in [1.54, 1.807) is 55.8 Å². The minimum absolute atomic E-state index is 0.119. The molecule has 0 fully saturated rings. The van der Waals surface area contributed by atoms with Gasteiger partial charge in [0.2, 0.25) is 5.91 Å². The van der Waals surface area contributed by atoms with Gasteiger partial charge < -0.3 is 20.8 Å². The summed E-state index contributed by atoms with van der Waals surface area (Å²) < 4.78 is 1.67. The number of aromatic nitrogens is 2. The van der Waals surface area contributed by atoms with E-state index < -0.39 is 36.0 Å². The Morgan fingerprint density at radius 2 is 1.89 bits per heavy atom. The van der Waals surface area contributed by atoms with Crippen LogP contribution >= 0.6 is 11.6 Å². The van der Waals surface area contributed by atoms with Crippen molar-refractivity contribution in [3.05, 3.63) is 64.3 Å². The highest BCUT2D eigenvalue weighted by atomic mass is 35.5. The van der Waals surface area contributed by atoms with Gasteiger partial charge in [-0.2, -0.15) is 10.4 Å². The van der Waals surface area contributed by atoms with Crippen LogP contribution in [0.15, 0.2) is 42.5 Å². The van der Waals surface area contributed by atoms with Crippen LogP contribution in [0.5, 0.6) is 0 Å². The fourth-order valence-corrected chi connectivity index (χ4v) is 3.73. The molecule has 2 atom stereocenters. The van der Waals surface area contributed by atoms with Crippen molar-refractivity contribution in [1.29, 1.82) is 5.26 Å². The van der Waals surface area contributed by atoms with Crippen LogP contribution in [-0.2, 0) is 11.3 Å². The number of carbonyl (C=O) groups excluding carboxylic acids is 2. The molecule has 3 rings (SSSR count). The SMILES string of the molecule is CC(C)(C)[C@H](NC(=O)c1nn(Cc2ccc(C#N)cc2)c2ccc(Cl)cc12)C(=O)NC[C@H](O)CO. The first kappa shape index (κ1) is 26.2. The van der Waals surface area contributed by atoms with Crippen molar-refractivity contribution in [3.8, 4) is 6.07 Å². The Labute approximate surface area is 208 Å². The summed E-state index contributed by atoms with van der Waals surface area (Å²) in [5, 5.41) is 38.4. The van der Waals surface area contributed by atoms with Crippen LogP contribution in [0.2, 0.25) is 5.02 Å². The van der Waals surface area contributed by atoms with E-state index in [2.05, 4.69) is 21.8 Å². The van der Waals surface area contributed by atoms with E-state index in [-0.39, 0.29) is 12.2 Å². The first-order valence-corrected chi connectivity index (χ1v) is 11.4. The van der Waals surface area contributed by atoms with Crippen molar-refractivity contribution >= 4 is 34.3 Å². The number of nitrogens with zero attached hydrogens (tertiary/aromatic N) is 3. The molecule has 1 heterocycles. The largest absolute Gasteiger partial charge is 0.394 e. The van der Waals surface area contributed by atoms with Crippen molar-refractivity contribution in [1.82, 2.24) is 20.4 Å². The first-order valence-electron chi connectivity index (χ1n) is 11.1. The van der Waals surface area contributed by atoms with Gasteiger partial charge in [0.1, 0.15) is 6.04 Å². The van der Waals surface area contributed by atoms with Crippen LogP contribution in [0.4, 0.5) is 0 Å². The van der Waals surface area contributed by atoms with E-state index in [4.69, 9.17) is 22.0 Å². The Kier molecular flexibility index (Phi) is 8.12. The highest BCUT2D eigenvalue weighted by Gasteiger charge is 2.34. The second kappa shape index (κ2) is 10.9. The van der Waals surface area contributed by atoms with Gasteiger partial charge in [-0.1, -0.05) is 44.5 Å². The zero-order valence-corrected chi connectivity index (χ0v) is 20.5. The third-order valence-corrected chi connectivity index (χ3v) is 5.70. The van der Waals surface area contributed by atoms with E-state index in [9.17, 15) is 14.7 Å². The number of rotatable bonds is 8. The predicted octanol–water partition coefficient (Wildman–Crippen LogP) is 2.22. The molecule has 0 bridgehead atoms. The minimum atomic E-state index is -1.10. The molecule has 0 aliphatic carbocycles. The van der Waals surface area contributed by atoms with E-state index in [0.717, 1.165) is 5.56 Å². The van der Waals surface area contributed by atoms with E-state index >= 15 is 0 Å². The third-order valence-electron chi connectivity index (χ3n) is 5.47. The lowest BCUT2D eigenvalue weighted by molar-refractivity contribution is -0.125. The van der Waals surface area contributed by atoms with E-state index in [1.165, 1.54) is 0 Å². The number of carbonyl (C=O) groups is 2. The zero-order chi connectivity index (χ0) is 25.8. The Bertz CT molecular complexity index is 1260. The minimum Gasteiger partial charge on any atom is -0.394 e. The Hall–Kier alpha value is -3.45. The molecule has 184 valence electrons. The number of amides is 2. The molecule has 0 saturated heterocycles. The molecule has 0 spiro atoms. The van der Waals surface area contributed by atoms with E-state index in [0.29, 0.717) is 28.0 Å². The van der Waals surface area contributed by atoms with Crippen molar-refractivity contribution in [3.63, 3.8) is 0 Å². The Morgan fingerprint density at radius 1 is 1.20 bits per heavy atom. The fraction of sp³-hybridized carbons (Fsp3) is 0.360. The molecular formula is C25H28ClN5O4. The fourth-order valence-electron chi connectivity index (χ4n) is 3.56. The molecule has 3 aromatic rings. The highest BCUT2D eigenvalue weighted by Crippen LogP contribution is 2.25. The van der Waals surface area contributed by atoms with Gasteiger partial charge in [-0.15, -0.1) is 0 Å². The average Bonchev–Trinajstić information content (AvgIpc) is 3.17. The predicted molar refractivity (Wildman–Crippen MR) is 132 cm³/mol. The lowest BCUT2D eigenvalue weighted by Gasteiger charge is -2.30. The van der Waals surface area contributed by atoms with Crippen LogP contribution in [0.25, 0.3) is 10.9 Å². The summed E-state index contributed by atoms with van der Waals surface area (Å²) in [6, 6.07) is 13.4. The van der Waals surface area contributed by atoms with E-state index in [1.807, 2.05) is 12.1 Å². The molecule has 9 nitrogen and oxygen atoms in total. The van der Waals surface area contributed by atoms with Crippen LogP contribution in [0.3, 0.4) is 0 Å². The first-order chi connectivity index (χ1) is 16.5. The number of hydrogen-bond acceptors (Lipinski definition) is 6. The van der Waals surface area contributed by atoms with Crippen molar-refractivity contribution < 1.29 is 19.8 Å². The van der Waals surface area contributed by atoms with Gasteiger partial charge >= 0.3 is 0 Å².